The minimum Gasteiger partial charge on any atom is -0.404 e. The Morgan fingerprint density at radius 3 is 2.52 bits per heavy atom. The SMILES string of the molecule is CC.CN=C/C(=C\N)c1ccc(Cn2cc(SCCO)c3c(F)cc(F)cc32)c(F)c1. The van der Waals surface area contributed by atoms with Gasteiger partial charge in [0.15, 0.2) is 0 Å². The van der Waals surface area contributed by atoms with Gasteiger partial charge in [0.05, 0.1) is 18.7 Å². The van der Waals surface area contributed by atoms with Crippen LogP contribution in [0.4, 0.5) is 13.2 Å². The predicted molar refractivity (Wildman–Crippen MR) is 123 cm³/mol. The summed E-state index contributed by atoms with van der Waals surface area (Å²) in [5.74, 6) is -1.49. The summed E-state index contributed by atoms with van der Waals surface area (Å²) in [5, 5.41) is 9.33. The third kappa shape index (κ3) is 5.71. The molecule has 31 heavy (non-hydrogen) atoms. The number of aromatic nitrogens is 1. The van der Waals surface area contributed by atoms with Crippen molar-refractivity contribution < 1.29 is 18.3 Å². The van der Waals surface area contributed by atoms with Crippen LogP contribution in [0.25, 0.3) is 16.5 Å². The molecule has 0 saturated carbocycles. The van der Waals surface area contributed by atoms with E-state index in [1.54, 1.807) is 29.9 Å². The lowest BCUT2D eigenvalue weighted by atomic mass is 10.0. The Kier molecular flexibility index (Phi) is 9.21. The molecule has 0 aliphatic carbocycles. The van der Waals surface area contributed by atoms with E-state index < -0.39 is 17.5 Å². The molecular weight excluding hydrogens is 423 g/mol. The molecule has 0 aliphatic heterocycles. The third-order valence-corrected chi connectivity index (χ3v) is 5.39. The molecular formula is C23H26F3N3OS. The highest BCUT2D eigenvalue weighted by Gasteiger charge is 2.16. The summed E-state index contributed by atoms with van der Waals surface area (Å²) in [5.41, 5.74) is 7.41. The van der Waals surface area contributed by atoms with Gasteiger partial charge in [-0.2, -0.15) is 0 Å². The van der Waals surface area contributed by atoms with E-state index in [-0.39, 0.29) is 18.5 Å². The molecule has 4 nitrogen and oxygen atoms in total. The van der Waals surface area contributed by atoms with Crippen molar-refractivity contribution in [2.24, 2.45) is 10.7 Å². The molecule has 1 heterocycles. The number of aliphatic hydroxyl groups is 1. The number of aliphatic hydroxyl groups excluding tert-OH is 1. The van der Waals surface area contributed by atoms with Crippen molar-refractivity contribution in [2.45, 2.75) is 25.3 Å². The average molecular weight is 450 g/mol. The number of allylic oxidation sites excluding steroid dienone is 1. The van der Waals surface area contributed by atoms with Gasteiger partial charge in [0, 0.05) is 58.9 Å². The van der Waals surface area contributed by atoms with E-state index in [0.29, 0.717) is 32.9 Å². The highest BCUT2D eigenvalue weighted by molar-refractivity contribution is 7.99. The van der Waals surface area contributed by atoms with E-state index in [2.05, 4.69) is 4.99 Å². The van der Waals surface area contributed by atoms with E-state index in [9.17, 15) is 13.2 Å². The lowest BCUT2D eigenvalue weighted by Gasteiger charge is -2.09. The standard InChI is InChI=1S/C21H20F3N3OS.C2H6/c1-26-10-15(9-25)13-2-3-14(17(23)6-13)11-27-12-20(29-5-4-28)21-18(24)7-16(22)8-19(21)27;1-2/h2-3,6-10,12,28H,4-5,11,25H2,1H3;1-2H3/b15-9+,26-10?;. The number of rotatable bonds is 7. The summed E-state index contributed by atoms with van der Waals surface area (Å²) >= 11 is 1.26. The topological polar surface area (TPSA) is 63.5 Å². The molecule has 166 valence electrons. The van der Waals surface area contributed by atoms with E-state index in [0.717, 1.165) is 6.07 Å². The Labute approximate surface area is 184 Å². The second-order valence-electron chi connectivity index (χ2n) is 6.29. The first-order valence-electron chi connectivity index (χ1n) is 9.83. The van der Waals surface area contributed by atoms with Crippen LogP contribution in [0.15, 0.2) is 52.6 Å². The second-order valence-corrected chi connectivity index (χ2v) is 7.43. The summed E-state index contributed by atoms with van der Waals surface area (Å²) in [6.07, 6.45) is 4.52. The van der Waals surface area contributed by atoms with Crippen LogP contribution in [-0.2, 0) is 6.54 Å². The molecule has 0 saturated heterocycles. The third-order valence-electron chi connectivity index (χ3n) is 4.39. The van der Waals surface area contributed by atoms with Crippen LogP contribution in [0, 0.1) is 17.5 Å². The first-order valence-corrected chi connectivity index (χ1v) is 10.8. The first-order chi connectivity index (χ1) is 15.0. The van der Waals surface area contributed by atoms with Crippen molar-refractivity contribution in [3.8, 4) is 0 Å². The van der Waals surface area contributed by atoms with Crippen LogP contribution in [0.2, 0.25) is 0 Å². The Bertz CT molecular complexity index is 1090. The summed E-state index contributed by atoms with van der Waals surface area (Å²) < 4.78 is 44.5. The predicted octanol–water partition coefficient (Wildman–Crippen LogP) is 5.22. The van der Waals surface area contributed by atoms with Gasteiger partial charge < -0.3 is 15.4 Å². The Morgan fingerprint density at radius 1 is 1.16 bits per heavy atom. The molecule has 0 fully saturated rings. The van der Waals surface area contributed by atoms with Gasteiger partial charge in [-0.15, -0.1) is 11.8 Å². The molecule has 3 N–H and O–H groups in total. The number of benzene rings is 2. The molecule has 0 spiro atoms. The van der Waals surface area contributed by atoms with Crippen LogP contribution in [0.1, 0.15) is 25.0 Å². The van der Waals surface area contributed by atoms with Gasteiger partial charge in [0.1, 0.15) is 17.5 Å². The van der Waals surface area contributed by atoms with Gasteiger partial charge in [-0.3, -0.25) is 4.99 Å². The van der Waals surface area contributed by atoms with Crippen LogP contribution in [-0.4, -0.2) is 35.3 Å². The van der Waals surface area contributed by atoms with E-state index in [4.69, 9.17) is 10.8 Å². The van der Waals surface area contributed by atoms with Crippen molar-refractivity contribution in [1.82, 2.24) is 4.57 Å². The molecule has 0 bridgehead atoms. The maximum absolute atomic E-state index is 14.7. The molecule has 3 rings (SSSR count). The fourth-order valence-corrected chi connectivity index (χ4v) is 3.95. The van der Waals surface area contributed by atoms with Gasteiger partial charge in [0.25, 0.3) is 0 Å². The van der Waals surface area contributed by atoms with Crippen LogP contribution >= 0.6 is 11.8 Å². The number of halogens is 3. The van der Waals surface area contributed by atoms with Crippen molar-refractivity contribution in [2.75, 3.05) is 19.4 Å². The van der Waals surface area contributed by atoms with Crippen molar-refractivity contribution in [3.63, 3.8) is 0 Å². The van der Waals surface area contributed by atoms with Gasteiger partial charge >= 0.3 is 0 Å². The lowest BCUT2D eigenvalue weighted by molar-refractivity contribution is 0.322. The van der Waals surface area contributed by atoms with Crippen LogP contribution in [0.3, 0.4) is 0 Å². The number of aliphatic imine (C=N–C) groups is 1. The smallest absolute Gasteiger partial charge is 0.136 e. The van der Waals surface area contributed by atoms with E-state index >= 15 is 0 Å². The largest absolute Gasteiger partial charge is 0.404 e. The monoisotopic (exact) mass is 449 g/mol. The number of hydrogen-bond donors (Lipinski definition) is 2. The Balaban J connectivity index is 0.00000166. The van der Waals surface area contributed by atoms with E-state index in [1.165, 1.54) is 36.3 Å². The molecule has 8 heteroatoms. The summed E-state index contributed by atoms with van der Waals surface area (Å²) in [6.45, 7) is 4.02. The summed E-state index contributed by atoms with van der Waals surface area (Å²) in [6, 6.07) is 6.72. The van der Waals surface area contributed by atoms with Gasteiger partial charge in [0.2, 0.25) is 0 Å². The number of nitrogens with two attached hydrogens (primary N) is 1. The fraction of sp³-hybridized carbons (Fsp3) is 0.261. The van der Waals surface area contributed by atoms with Gasteiger partial charge in [-0.05, 0) is 17.7 Å². The molecule has 0 amide bonds. The first kappa shape index (κ1) is 24.6. The zero-order valence-electron chi connectivity index (χ0n) is 17.7. The number of hydrogen-bond acceptors (Lipinski definition) is 4. The number of thioether (sulfide) groups is 1. The fourth-order valence-electron chi connectivity index (χ4n) is 3.09. The van der Waals surface area contributed by atoms with Crippen molar-refractivity contribution in [3.05, 3.63) is 71.3 Å². The second kappa shape index (κ2) is 11.6. The minimum absolute atomic E-state index is 0.0751. The highest BCUT2D eigenvalue weighted by Crippen LogP contribution is 2.33. The van der Waals surface area contributed by atoms with E-state index in [1.807, 2.05) is 13.8 Å². The zero-order chi connectivity index (χ0) is 23.0. The molecule has 1 aromatic heterocycles. The lowest BCUT2D eigenvalue weighted by Crippen LogP contribution is -2.02. The Hall–Kier alpha value is -2.71. The zero-order valence-corrected chi connectivity index (χ0v) is 18.5. The van der Waals surface area contributed by atoms with Crippen molar-refractivity contribution in [1.29, 1.82) is 0 Å². The molecule has 0 aliphatic rings. The van der Waals surface area contributed by atoms with Crippen LogP contribution < -0.4 is 5.73 Å². The van der Waals surface area contributed by atoms with Gasteiger partial charge in [-0.25, -0.2) is 13.2 Å². The number of fused-ring (bicyclic) bond motifs is 1. The molecule has 3 aromatic rings. The Morgan fingerprint density at radius 2 is 1.90 bits per heavy atom. The molecule has 2 aromatic carbocycles. The summed E-state index contributed by atoms with van der Waals surface area (Å²) in [7, 11) is 1.59. The molecule has 0 atom stereocenters. The number of nitrogens with zero attached hydrogens (tertiary/aromatic N) is 2. The van der Waals surface area contributed by atoms with Gasteiger partial charge in [-0.1, -0.05) is 26.0 Å². The normalized spacial score (nSPS) is 11.8. The average Bonchev–Trinajstić information content (AvgIpc) is 3.10. The van der Waals surface area contributed by atoms with Crippen LogP contribution in [0.5, 0.6) is 0 Å². The highest BCUT2D eigenvalue weighted by atomic mass is 32.2. The maximum atomic E-state index is 14.7. The molecule has 0 unspecified atom stereocenters. The van der Waals surface area contributed by atoms with Crippen molar-refractivity contribution >= 4 is 34.5 Å². The maximum Gasteiger partial charge on any atom is 0.136 e. The quantitative estimate of drug-likeness (QED) is 0.384. The minimum atomic E-state index is -0.708. The molecule has 0 radical (unpaired) electrons. The summed E-state index contributed by atoms with van der Waals surface area (Å²) in [4.78, 5) is 4.46.